The zero-order chi connectivity index (χ0) is 26.4. The van der Waals surface area contributed by atoms with Crippen molar-refractivity contribution in [3.63, 3.8) is 0 Å². The van der Waals surface area contributed by atoms with Crippen molar-refractivity contribution in [3.8, 4) is 11.3 Å². The van der Waals surface area contributed by atoms with Crippen LogP contribution < -0.4 is 4.90 Å². The summed E-state index contributed by atoms with van der Waals surface area (Å²) in [5.41, 5.74) is 7.32. The lowest BCUT2D eigenvalue weighted by Crippen LogP contribution is -2.48. The molecule has 0 atom stereocenters. The number of aryl methyl sites for hydroxylation is 2. The highest BCUT2D eigenvalue weighted by Gasteiger charge is 2.20. The van der Waals surface area contributed by atoms with E-state index in [2.05, 4.69) is 88.2 Å². The van der Waals surface area contributed by atoms with Crippen molar-refractivity contribution >= 4 is 16.6 Å². The molecule has 2 fully saturated rings. The van der Waals surface area contributed by atoms with Gasteiger partial charge in [-0.2, -0.15) is 0 Å². The van der Waals surface area contributed by atoms with Crippen LogP contribution in [0.3, 0.4) is 0 Å². The van der Waals surface area contributed by atoms with Crippen LogP contribution in [0.2, 0.25) is 0 Å². The van der Waals surface area contributed by atoms with E-state index in [-0.39, 0.29) is 0 Å². The standard InChI is InChI=1S/C28H39N5O.C2H6O/c1-21(2)32-11-13-33(14-12-32)24-7-5-23(6-8-24)28-26-20-25(9-10-31-15-17-34-18-16-31)30(4)27(26)19-22(3)29-28;1-3-2/h5-8,19-21H,9-18H2,1-4H3;1-2H3. The number of morpholine rings is 1. The molecule has 0 N–H and O–H groups in total. The Kier molecular flexibility index (Phi) is 9.60. The summed E-state index contributed by atoms with van der Waals surface area (Å²) in [5, 5.41) is 1.25. The Morgan fingerprint density at radius 2 is 1.59 bits per heavy atom. The number of ether oxygens (including phenoxy) is 2. The maximum absolute atomic E-state index is 5.50. The van der Waals surface area contributed by atoms with Crippen LogP contribution in [0.15, 0.2) is 36.4 Å². The Balaban J connectivity index is 0.00000102. The summed E-state index contributed by atoms with van der Waals surface area (Å²) in [7, 11) is 5.44. The van der Waals surface area contributed by atoms with E-state index in [1.807, 2.05) is 0 Å². The highest BCUT2D eigenvalue weighted by Crippen LogP contribution is 2.31. The second-order valence-corrected chi connectivity index (χ2v) is 10.5. The first-order chi connectivity index (χ1) is 17.9. The first-order valence-corrected chi connectivity index (χ1v) is 13.7. The molecule has 4 heterocycles. The normalized spacial score (nSPS) is 17.3. The van der Waals surface area contributed by atoms with Crippen LogP contribution in [-0.2, 0) is 22.9 Å². The largest absolute Gasteiger partial charge is 0.388 e. The molecule has 0 unspecified atom stereocenters. The fraction of sp³-hybridized carbons (Fsp3) is 0.567. The first kappa shape index (κ1) is 27.6. The van der Waals surface area contributed by atoms with Crippen molar-refractivity contribution in [3.05, 3.63) is 47.8 Å². The third kappa shape index (κ3) is 6.71. The van der Waals surface area contributed by atoms with Crippen LogP contribution in [0.4, 0.5) is 5.69 Å². The van der Waals surface area contributed by atoms with Gasteiger partial charge >= 0.3 is 0 Å². The Hall–Kier alpha value is -2.45. The summed E-state index contributed by atoms with van der Waals surface area (Å²) in [5.74, 6) is 0. The lowest BCUT2D eigenvalue weighted by atomic mass is 10.1. The number of methoxy groups -OCH3 is 1. The van der Waals surface area contributed by atoms with Gasteiger partial charge in [-0.1, -0.05) is 12.1 Å². The maximum Gasteiger partial charge on any atom is 0.0799 e. The van der Waals surface area contributed by atoms with Gasteiger partial charge in [0.2, 0.25) is 0 Å². The van der Waals surface area contributed by atoms with E-state index in [1.54, 1.807) is 14.2 Å². The number of benzene rings is 1. The molecule has 202 valence electrons. The van der Waals surface area contributed by atoms with E-state index < -0.39 is 0 Å². The van der Waals surface area contributed by atoms with Crippen LogP contribution in [0.25, 0.3) is 22.2 Å². The second-order valence-electron chi connectivity index (χ2n) is 10.5. The minimum Gasteiger partial charge on any atom is -0.388 e. The first-order valence-electron chi connectivity index (χ1n) is 13.7. The van der Waals surface area contributed by atoms with Gasteiger partial charge in [0.1, 0.15) is 0 Å². The third-order valence-electron chi connectivity index (χ3n) is 7.61. The van der Waals surface area contributed by atoms with Gasteiger partial charge < -0.3 is 18.9 Å². The van der Waals surface area contributed by atoms with Gasteiger partial charge in [-0.25, -0.2) is 0 Å². The molecule has 37 heavy (non-hydrogen) atoms. The minimum atomic E-state index is 0.629. The van der Waals surface area contributed by atoms with E-state index in [9.17, 15) is 0 Å². The number of fused-ring (bicyclic) bond motifs is 1. The lowest BCUT2D eigenvalue weighted by molar-refractivity contribution is 0.0383. The van der Waals surface area contributed by atoms with Crippen molar-refractivity contribution in [2.24, 2.45) is 7.05 Å². The summed E-state index contributed by atoms with van der Waals surface area (Å²) < 4.78 is 12.1. The minimum absolute atomic E-state index is 0.629. The van der Waals surface area contributed by atoms with E-state index in [0.29, 0.717) is 6.04 Å². The van der Waals surface area contributed by atoms with Crippen LogP contribution in [-0.4, -0.2) is 98.6 Å². The molecular weight excluding hydrogens is 462 g/mol. The zero-order valence-corrected chi connectivity index (χ0v) is 23.7. The molecule has 7 heteroatoms. The SMILES string of the molecule is COC.Cc1cc2c(cc(CCN3CCOCC3)n2C)c(-c2ccc(N3CCN(C(C)C)CC3)cc2)n1. The highest BCUT2D eigenvalue weighted by atomic mass is 16.5. The predicted molar refractivity (Wildman–Crippen MR) is 154 cm³/mol. The molecule has 5 rings (SSSR count). The Morgan fingerprint density at radius 1 is 0.946 bits per heavy atom. The number of hydrogen-bond acceptors (Lipinski definition) is 6. The number of pyridine rings is 1. The fourth-order valence-electron chi connectivity index (χ4n) is 5.39. The quantitative estimate of drug-likeness (QED) is 0.498. The van der Waals surface area contributed by atoms with Crippen LogP contribution >= 0.6 is 0 Å². The Labute approximate surface area is 223 Å². The number of anilines is 1. The number of hydrogen-bond donors (Lipinski definition) is 0. The number of rotatable bonds is 6. The topological polar surface area (TPSA) is 46.0 Å². The predicted octanol–water partition coefficient (Wildman–Crippen LogP) is 4.22. The third-order valence-corrected chi connectivity index (χ3v) is 7.61. The van der Waals surface area contributed by atoms with Crippen molar-refractivity contribution in [2.75, 3.05) is 78.1 Å². The van der Waals surface area contributed by atoms with Gasteiger partial charge in [-0.05, 0) is 45.0 Å². The average Bonchev–Trinajstić information content (AvgIpc) is 3.23. The molecule has 0 amide bonds. The number of aromatic nitrogens is 2. The molecule has 7 nitrogen and oxygen atoms in total. The molecular formula is C30H45N5O2. The molecule has 2 aliphatic heterocycles. The van der Waals surface area contributed by atoms with Crippen molar-refractivity contribution < 1.29 is 9.47 Å². The van der Waals surface area contributed by atoms with Gasteiger partial charge in [-0.15, -0.1) is 0 Å². The van der Waals surface area contributed by atoms with Crippen LogP contribution in [0.1, 0.15) is 25.2 Å². The van der Waals surface area contributed by atoms with Gasteiger partial charge in [0.05, 0.1) is 24.4 Å². The molecule has 0 radical (unpaired) electrons. The molecule has 0 saturated carbocycles. The van der Waals surface area contributed by atoms with Crippen molar-refractivity contribution in [1.29, 1.82) is 0 Å². The molecule has 0 spiro atoms. The van der Waals surface area contributed by atoms with Gasteiger partial charge in [0.25, 0.3) is 0 Å². The molecule has 2 aromatic heterocycles. The maximum atomic E-state index is 5.50. The van der Waals surface area contributed by atoms with E-state index in [0.717, 1.165) is 76.8 Å². The number of nitrogens with zero attached hydrogens (tertiary/aromatic N) is 5. The van der Waals surface area contributed by atoms with Crippen molar-refractivity contribution in [2.45, 2.75) is 33.2 Å². The molecule has 0 bridgehead atoms. The summed E-state index contributed by atoms with van der Waals surface area (Å²) in [6, 6.07) is 14.3. The smallest absolute Gasteiger partial charge is 0.0799 e. The van der Waals surface area contributed by atoms with E-state index in [4.69, 9.17) is 9.72 Å². The fourth-order valence-corrected chi connectivity index (χ4v) is 5.39. The van der Waals surface area contributed by atoms with Gasteiger partial charge in [0.15, 0.2) is 0 Å². The summed E-state index contributed by atoms with van der Waals surface area (Å²) >= 11 is 0. The molecule has 2 aliphatic rings. The lowest BCUT2D eigenvalue weighted by Gasteiger charge is -2.38. The molecule has 3 aromatic rings. The number of piperazine rings is 1. The summed E-state index contributed by atoms with van der Waals surface area (Å²) in [6.45, 7) is 16.0. The monoisotopic (exact) mass is 507 g/mol. The Bertz CT molecular complexity index is 1130. The molecule has 2 saturated heterocycles. The van der Waals surface area contributed by atoms with Crippen LogP contribution in [0.5, 0.6) is 0 Å². The van der Waals surface area contributed by atoms with Crippen LogP contribution in [0, 0.1) is 6.92 Å². The van der Waals surface area contributed by atoms with E-state index in [1.165, 1.54) is 27.8 Å². The average molecular weight is 508 g/mol. The second kappa shape index (κ2) is 12.9. The molecule has 1 aromatic carbocycles. The summed E-state index contributed by atoms with van der Waals surface area (Å²) in [6.07, 6.45) is 1.05. The highest BCUT2D eigenvalue weighted by molar-refractivity contribution is 5.94. The van der Waals surface area contributed by atoms with E-state index >= 15 is 0 Å². The van der Waals surface area contributed by atoms with Gasteiger partial charge in [-0.3, -0.25) is 14.8 Å². The Morgan fingerprint density at radius 3 is 2.22 bits per heavy atom. The summed E-state index contributed by atoms with van der Waals surface area (Å²) in [4.78, 5) is 12.6. The zero-order valence-electron chi connectivity index (χ0n) is 23.7. The van der Waals surface area contributed by atoms with Crippen molar-refractivity contribution in [1.82, 2.24) is 19.4 Å². The van der Waals surface area contributed by atoms with Gasteiger partial charge in [0, 0.05) is 108 Å². The molecule has 0 aliphatic carbocycles.